The molecule has 0 aliphatic rings. The predicted molar refractivity (Wildman–Crippen MR) is 114 cm³/mol. The van der Waals surface area contributed by atoms with Gasteiger partial charge in [0.05, 0.1) is 40.5 Å². The van der Waals surface area contributed by atoms with Crippen molar-refractivity contribution in [3.05, 3.63) is 59.9 Å². The lowest BCUT2D eigenvalue weighted by Gasteiger charge is -2.16. The third-order valence-corrected chi connectivity index (χ3v) is 5.26. The zero-order valence-corrected chi connectivity index (χ0v) is 18.0. The zero-order valence-electron chi connectivity index (χ0n) is 17.2. The number of nitrogens with zero attached hydrogens (tertiary/aromatic N) is 2. The molecule has 0 atom stereocenters. The van der Waals surface area contributed by atoms with Crippen molar-refractivity contribution in [2.45, 2.75) is 11.4 Å². The zero-order chi connectivity index (χ0) is 21.5. The molecule has 0 bridgehead atoms. The summed E-state index contributed by atoms with van der Waals surface area (Å²) in [5, 5.41) is 4.21. The summed E-state index contributed by atoms with van der Waals surface area (Å²) in [7, 11) is 6.21. The fourth-order valence-electron chi connectivity index (χ4n) is 2.90. The number of carbonyl (C=O) groups excluding carboxylic acids is 1. The Morgan fingerprint density at radius 1 is 0.967 bits per heavy atom. The number of hydrogen-bond acceptors (Lipinski definition) is 7. The van der Waals surface area contributed by atoms with E-state index in [1.165, 1.54) is 7.11 Å². The third kappa shape index (κ3) is 4.62. The lowest BCUT2D eigenvalue weighted by molar-refractivity contribution is 0.0981. The van der Waals surface area contributed by atoms with Gasteiger partial charge in [0.2, 0.25) is 0 Å². The first kappa shape index (κ1) is 21.4. The maximum Gasteiger partial charge on any atom is 0.265 e. The van der Waals surface area contributed by atoms with Crippen LogP contribution in [0.2, 0.25) is 0 Å². The molecule has 9 heteroatoms. The minimum atomic E-state index is -0.339. The summed E-state index contributed by atoms with van der Waals surface area (Å²) < 4.78 is 26.3. The molecule has 3 aromatic rings. The van der Waals surface area contributed by atoms with Crippen LogP contribution in [0.1, 0.15) is 15.9 Å². The molecule has 0 aliphatic carbocycles. The van der Waals surface area contributed by atoms with Crippen LogP contribution in [0.15, 0.2) is 53.7 Å². The van der Waals surface area contributed by atoms with Gasteiger partial charge in [0.1, 0.15) is 27.9 Å². The van der Waals surface area contributed by atoms with Gasteiger partial charge >= 0.3 is 0 Å². The minimum Gasteiger partial charge on any atom is -0.496 e. The van der Waals surface area contributed by atoms with Gasteiger partial charge in [0.25, 0.3) is 5.91 Å². The van der Waals surface area contributed by atoms with Crippen LogP contribution in [-0.4, -0.2) is 44.1 Å². The van der Waals surface area contributed by atoms with Crippen LogP contribution in [0.5, 0.6) is 23.0 Å². The van der Waals surface area contributed by atoms with E-state index in [9.17, 15) is 4.79 Å². The monoisotopic (exact) mass is 429 g/mol. The lowest BCUT2D eigenvalue weighted by atomic mass is 10.1. The molecule has 1 aromatic heterocycles. The molecule has 1 N–H and O–H groups in total. The Morgan fingerprint density at radius 2 is 1.63 bits per heavy atom. The third-order valence-electron chi connectivity index (χ3n) is 4.37. The molecule has 1 amide bonds. The second-order valence-electron chi connectivity index (χ2n) is 6.09. The molecule has 0 aliphatic heterocycles. The van der Waals surface area contributed by atoms with Crippen molar-refractivity contribution in [3.8, 4) is 23.0 Å². The smallest absolute Gasteiger partial charge is 0.265 e. The van der Waals surface area contributed by atoms with Crippen LogP contribution >= 0.6 is 11.9 Å². The van der Waals surface area contributed by atoms with Gasteiger partial charge in [-0.2, -0.15) is 5.10 Å². The Kier molecular flexibility index (Phi) is 7.08. The van der Waals surface area contributed by atoms with E-state index in [0.29, 0.717) is 40.0 Å². The Morgan fingerprint density at radius 3 is 2.20 bits per heavy atom. The summed E-state index contributed by atoms with van der Waals surface area (Å²) in [4.78, 5) is 13.6. The van der Waals surface area contributed by atoms with Crippen LogP contribution in [0.4, 0.5) is 0 Å². The number of carbonyl (C=O) groups is 1. The molecule has 8 nitrogen and oxygen atoms in total. The van der Waals surface area contributed by atoms with E-state index < -0.39 is 0 Å². The number of ether oxygens (including phenoxy) is 4. The highest BCUT2D eigenvalue weighted by atomic mass is 32.2. The molecule has 1 heterocycles. The number of amides is 1. The van der Waals surface area contributed by atoms with Gasteiger partial charge in [-0.05, 0) is 42.3 Å². The largest absolute Gasteiger partial charge is 0.496 e. The molecule has 0 saturated carbocycles. The molecule has 158 valence electrons. The van der Waals surface area contributed by atoms with Crippen molar-refractivity contribution in [2.24, 2.45) is 0 Å². The number of nitrogens with one attached hydrogen (secondary N) is 1. The quantitative estimate of drug-likeness (QED) is 0.522. The second kappa shape index (κ2) is 9.93. The molecule has 2 aromatic carbocycles. The van der Waals surface area contributed by atoms with E-state index in [1.807, 2.05) is 18.3 Å². The molecule has 0 fully saturated rings. The molecular formula is C21H23N3O5S. The number of aromatic nitrogens is 2. The highest BCUT2D eigenvalue weighted by Gasteiger charge is 2.19. The first-order valence-corrected chi connectivity index (χ1v) is 9.83. The average Bonchev–Trinajstić information content (AvgIpc) is 3.29. The van der Waals surface area contributed by atoms with E-state index in [4.69, 9.17) is 18.9 Å². The van der Waals surface area contributed by atoms with Crippen LogP contribution in [-0.2, 0) is 6.54 Å². The number of benzene rings is 2. The molecule has 3 rings (SSSR count). The van der Waals surface area contributed by atoms with Gasteiger partial charge in [-0.1, -0.05) is 6.07 Å². The molecular weight excluding hydrogens is 406 g/mol. The van der Waals surface area contributed by atoms with E-state index in [1.54, 1.807) is 56.5 Å². The Bertz CT molecular complexity index is 986. The maximum atomic E-state index is 12.9. The number of methoxy groups -OCH3 is 4. The van der Waals surface area contributed by atoms with Crippen LogP contribution in [0.3, 0.4) is 0 Å². The molecule has 0 spiro atoms. The second-order valence-corrected chi connectivity index (χ2v) is 6.91. The average molecular weight is 429 g/mol. The summed E-state index contributed by atoms with van der Waals surface area (Å²) in [5.41, 5.74) is 1.19. The predicted octanol–water partition coefficient (Wildman–Crippen LogP) is 3.40. The topological polar surface area (TPSA) is 83.8 Å². The van der Waals surface area contributed by atoms with E-state index >= 15 is 0 Å². The van der Waals surface area contributed by atoms with Crippen molar-refractivity contribution >= 4 is 17.9 Å². The van der Waals surface area contributed by atoms with Gasteiger partial charge in [-0.25, -0.2) is 0 Å². The fourth-order valence-corrected chi connectivity index (χ4v) is 3.71. The Hall–Kier alpha value is -3.33. The van der Waals surface area contributed by atoms with Crippen molar-refractivity contribution < 1.29 is 23.7 Å². The first-order valence-electron chi connectivity index (χ1n) is 9.01. The summed E-state index contributed by atoms with van der Waals surface area (Å²) >= 11 is 1.11. The lowest BCUT2D eigenvalue weighted by Crippen LogP contribution is -2.18. The molecule has 30 heavy (non-hydrogen) atoms. The highest BCUT2D eigenvalue weighted by molar-refractivity contribution is 7.98. The minimum absolute atomic E-state index is 0.339. The molecule has 0 saturated heterocycles. The van der Waals surface area contributed by atoms with Crippen molar-refractivity contribution in [2.75, 3.05) is 28.4 Å². The first-order chi connectivity index (χ1) is 14.6. The number of hydrogen-bond donors (Lipinski definition) is 1. The highest BCUT2D eigenvalue weighted by Crippen LogP contribution is 2.37. The number of rotatable bonds is 9. The van der Waals surface area contributed by atoms with Crippen LogP contribution in [0, 0.1) is 0 Å². The summed E-state index contributed by atoms with van der Waals surface area (Å²) in [6.07, 6.45) is 3.55. The Labute approximate surface area is 179 Å². The van der Waals surface area contributed by atoms with Crippen LogP contribution < -0.4 is 23.7 Å². The van der Waals surface area contributed by atoms with E-state index in [0.717, 1.165) is 17.5 Å². The standard InChI is InChI=1S/C21H23N3O5S/c1-26-16-7-5-8-17(27-2)20(16)30-23-21(25)15-12-18(28-3)14(11-19(15)29-4)13-24-10-6-9-22-24/h5-12H,13H2,1-4H3,(H,23,25). The van der Waals surface area contributed by atoms with Crippen molar-refractivity contribution in [1.29, 1.82) is 0 Å². The summed E-state index contributed by atoms with van der Waals surface area (Å²) in [5.74, 6) is 1.85. The summed E-state index contributed by atoms with van der Waals surface area (Å²) in [6, 6.07) is 10.7. The SMILES string of the molecule is COc1cc(C(=O)NSc2c(OC)cccc2OC)c(OC)cc1Cn1cccn1. The van der Waals surface area contributed by atoms with Crippen molar-refractivity contribution in [1.82, 2.24) is 14.5 Å². The van der Waals surface area contributed by atoms with Gasteiger partial charge in [-0.15, -0.1) is 0 Å². The molecule has 0 radical (unpaired) electrons. The maximum absolute atomic E-state index is 12.9. The van der Waals surface area contributed by atoms with E-state index in [2.05, 4.69) is 9.82 Å². The van der Waals surface area contributed by atoms with Gasteiger partial charge in [-0.3, -0.25) is 14.2 Å². The van der Waals surface area contributed by atoms with Crippen molar-refractivity contribution in [3.63, 3.8) is 0 Å². The molecule has 0 unspecified atom stereocenters. The van der Waals surface area contributed by atoms with Crippen LogP contribution in [0.25, 0.3) is 0 Å². The van der Waals surface area contributed by atoms with E-state index in [-0.39, 0.29) is 5.91 Å². The Balaban J connectivity index is 1.85. The van der Waals surface area contributed by atoms with Gasteiger partial charge in [0.15, 0.2) is 0 Å². The van der Waals surface area contributed by atoms with Gasteiger partial charge in [0, 0.05) is 18.0 Å². The fraction of sp³-hybridized carbons (Fsp3) is 0.238. The normalized spacial score (nSPS) is 10.4. The van der Waals surface area contributed by atoms with Gasteiger partial charge < -0.3 is 18.9 Å². The summed E-state index contributed by atoms with van der Waals surface area (Å²) in [6.45, 7) is 0.488.